The number of hydrogen-bond acceptors (Lipinski definition) is 3. The van der Waals surface area contributed by atoms with Crippen molar-refractivity contribution in [2.45, 2.75) is 31.4 Å². The normalized spacial score (nSPS) is 21.5. The van der Waals surface area contributed by atoms with Crippen molar-refractivity contribution in [3.63, 3.8) is 0 Å². The van der Waals surface area contributed by atoms with Crippen molar-refractivity contribution in [2.75, 3.05) is 23.7 Å². The van der Waals surface area contributed by atoms with Crippen LogP contribution in [0, 0.1) is 11.3 Å². The van der Waals surface area contributed by atoms with E-state index in [1.807, 2.05) is 6.07 Å². The third-order valence-electron chi connectivity index (χ3n) is 4.22. The molecule has 1 aliphatic rings. The Balaban J connectivity index is 2.41. The lowest BCUT2D eigenvalue weighted by Crippen LogP contribution is -2.53. The highest BCUT2D eigenvalue weighted by Crippen LogP contribution is 2.36. The lowest BCUT2D eigenvalue weighted by atomic mass is 10.00. The quantitative estimate of drug-likeness (QED) is 0.860. The summed E-state index contributed by atoms with van der Waals surface area (Å²) in [7, 11) is -0.814. The second kappa shape index (κ2) is 6.15. The van der Waals surface area contributed by atoms with E-state index in [0.717, 1.165) is 18.5 Å². The molecule has 1 fully saturated rings. The first kappa shape index (κ1) is 15.3. The summed E-state index contributed by atoms with van der Waals surface area (Å²) in [4.78, 5) is 2.13. The smallest absolute Gasteiger partial charge is 0.101 e. The van der Waals surface area contributed by atoms with E-state index in [-0.39, 0.29) is 4.75 Å². The number of anilines is 1. The minimum absolute atomic E-state index is 0.190. The maximum atomic E-state index is 12.4. The lowest BCUT2D eigenvalue weighted by Gasteiger charge is -2.42. The summed E-state index contributed by atoms with van der Waals surface area (Å²) in [6.07, 6.45) is 1.75. The average Bonchev–Trinajstić information content (AvgIpc) is 2.48. The molecule has 1 heterocycles. The third-order valence-corrected chi connectivity index (χ3v) is 6.75. The van der Waals surface area contributed by atoms with Gasteiger partial charge in [-0.25, -0.2) is 0 Å². The van der Waals surface area contributed by atoms with Gasteiger partial charge in [0, 0.05) is 29.6 Å². The molecule has 5 heteroatoms. The van der Waals surface area contributed by atoms with Gasteiger partial charge in [-0.15, -0.1) is 0 Å². The molecule has 1 aromatic carbocycles. The van der Waals surface area contributed by atoms with Gasteiger partial charge in [0.1, 0.15) is 6.07 Å². The van der Waals surface area contributed by atoms with E-state index in [4.69, 9.17) is 11.6 Å². The van der Waals surface area contributed by atoms with Crippen LogP contribution in [0.4, 0.5) is 5.69 Å². The average molecular weight is 311 g/mol. The second-order valence-corrected chi connectivity index (χ2v) is 7.48. The predicted octanol–water partition coefficient (Wildman–Crippen LogP) is 3.34. The summed E-state index contributed by atoms with van der Waals surface area (Å²) in [5.41, 5.74) is 1.38. The van der Waals surface area contributed by atoms with Crippen LogP contribution in [-0.2, 0) is 10.8 Å². The molecule has 0 amide bonds. The van der Waals surface area contributed by atoms with E-state index in [2.05, 4.69) is 24.8 Å². The molecule has 0 spiro atoms. The van der Waals surface area contributed by atoms with Crippen LogP contribution in [0.15, 0.2) is 18.2 Å². The molecule has 108 valence electrons. The number of nitrogens with zero attached hydrogens (tertiary/aromatic N) is 2. The summed E-state index contributed by atoms with van der Waals surface area (Å²) in [6, 6.07) is 7.59. The van der Waals surface area contributed by atoms with Gasteiger partial charge in [0.2, 0.25) is 0 Å². The fourth-order valence-corrected chi connectivity index (χ4v) is 4.88. The van der Waals surface area contributed by atoms with E-state index in [1.165, 1.54) is 0 Å². The molecule has 0 N–H and O–H groups in total. The molecule has 1 unspecified atom stereocenters. The summed E-state index contributed by atoms with van der Waals surface area (Å²) in [5, 5.41) is 9.87. The predicted molar refractivity (Wildman–Crippen MR) is 84.7 cm³/mol. The highest BCUT2D eigenvalue weighted by Gasteiger charge is 2.39. The highest BCUT2D eigenvalue weighted by atomic mass is 35.5. The minimum atomic E-state index is -0.814. The second-order valence-electron chi connectivity index (χ2n) is 5.11. The Morgan fingerprint density at radius 2 is 2.15 bits per heavy atom. The van der Waals surface area contributed by atoms with Crippen LogP contribution in [0.1, 0.15) is 32.3 Å². The van der Waals surface area contributed by atoms with Crippen molar-refractivity contribution >= 4 is 28.1 Å². The molecular formula is C15H19ClN2OS. The van der Waals surface area contributed by atoms with Crippen molar-refractivity contribution in [1.82, 2.24) is 0 Å². The molecule has 0 saturated carbocycles. The maximum absolute atomic E-state index is 12.4. The highest BCUT2D eigenvalue weighted by molar-refractivity contribution is 7.86. The standard InChI is InChI=1S/C15H19ClN2OS/c1-3-15(4-2)11-18(8-9-20(15)19)14-12(10-17)6-5-7-13(14)16/h5-7H,3-4,8-9,11H2,1-2H3. The van der Waals surface area contributed by atoms with Crippen LogP contribution in [0.3, 0.4) is 0 Å². The minimum Gasteiger partial charge on any atom is -0.367 e. The summed E-state index contributed by atoms with van der Waals surface area (Å²) in [6.45, 7) is 5.56. The van der Waals surface area contributed by atoms with E-state index < -0.39 is 10.8 Å². The number of hydrogen-bond donors (Lipinski definition) is 0. The molecule has 0 aliphatic carbocycles. The van der Waals surface area contributed by atoms with Gasteiger partial charge in [-0.2, -0.15) is 5.26 Å². The molecule has 1 aliphatic heterocycles. The fourth-order valence-electron chi connectivity index (χ4n) is 2.82. The molecule has 2 rings (SSSR count). The Hall–Kier alpha value is -1.05. The zero-order valence-electron chi connectivity index (χ0n) is 11.9. The molecule has 3 nitrogen and oxygen atoms in total. The SMILES string of the molecule is CCC1(CC)CN(c2c(Cl)cccc2C#N)CCS1=O. The Kier molecular flexibility index (Phi) is 4.72. The number of benzene rings is 1. The van der Waals surface area contributed by atoms with Crippen molar-refractivity contribution < 1.29 is 4.21 Å². The summed E-state index contributed by atoms with van der Waals surface area (Å²) >= 11 is 6.29. The first-order chi connectivity index (χ1) is 9.57. The van der Waals surface area contributed by atoms with E-state index >= 15 is 0 Å². The van der Waals surface area contributed by atoms with Crippen LogP contribution in [-0.4, -0.2) is 27.8 Å². The van der Waals surface area contributed by atoms with Crippen molar-refractivity contribution in [2.24, 2.45) is 0 Å². The van der Waals surface area contributed by atoms with Gasteiger partial charge in [0.25, 0.3) is 0 Å². The van der Waals surface area contributed by atoms with Gasteiger partial charge in [0.15, 0.2) is 0 Å². The van der Waals surface area contributed by atoms with Crippen LogP contribution in [0.5, 0.6) is 0 Å². The molecular weight excluding hydrogens is 292 g/mol. The topological polar surface area (TPSA) is 44.1 Å². The summed E-state index contributed by atoms with van der Waals surface area (Å²) < 4.78 is 12.2. The summed E-state index contributed by atoms with van der Waals surface area (Å²) in [5.74, 6) is 0.637. The van der Waals surface area contributed by atoms with Gasteiger partial charge < -0.3 is 4.90 Å². The first-order valence-corrected chi connectivity index (χ1v) is 8.59. The van der Waals surface area contributed by atoms with Gasteiger partial charge in [-0.1, -0.05) is 31.5 Å². The molecule has 20 heavy (non-hydrogen) atoms. The van der Waals surface area contributed by atoms with E-state index in [1.54, 1.807) is 12.1 Å². The van der Waals surface area contributed by atoms with Crippen LogP contribution in [0.25, 0.3) is 0 Å². The van der Waals surface area contributed by atoms with Gasteiger partial charge >= 0.3 is 0 Å². The molecule has 1 saturated heterocycles. The Morgan fingerprint density at radius 3 is 2.75 bits per heavy atom. The number of halogens is 1. The van der Waals surface area contributed by atoms with E-state index in [0.29, 0.717) is 29.4 Å². The lowest BCUT2D eigenvalue weighted by molar-refractivity contribution is 0.496. The van der Waals surface area contributed by atoms with Crippen molar-refractivity contribution in [1.29, 1.82) is 5.26 Å². The van der Waals surface area contributed by atoms with Crippen LogP contribution < -0.4 is 4.90 Å². The molecule has 0 radical (unpaired) electrons. The van der Waals surface area contributed by atoms with Gasteiger partial charge in [-0.3, -0.25) is 4.21 Å². The van der Waals surface area contributed by atoms with Crippen LogP contribution in [0.2, 0.25) is 5.02 Å². The monoisotopic (exact) mass is 310 g/mol. The molecule has 1 atom stereocenters. The molecule has 1 aromatic rings. The maximum Gasteiger partial charge on any atom is 0.101 e. The molecule has 0 aromatic heterocycles. The van der Waals surface area contributed by atoms with Crippen molar-refractivity contribution in [3.8, 4) is 6.07 Å². The third kappa shape index (κ3) is 2.57. The van der Waals surface area contributed by atoms with Gasteiger partial charge in [-0.05, 0) is 25.0 Å². The zero-order chi connectivity index (χ0) is 14.8. The Morgan fingerprint density at radius 1 is 1.45 bits per heavy atom. The number of para-hydroxylation sites is 1. The van der Waals surface area contributed by atoms with Gasteiger partial charge in [0.05, 0.1) is 21.0 Å². The number of nitriles is 1. The fraction of sp³-hybridized carbons (Fsp3) is 0.533. The largest absolute Gasteiger partial charge is 0.367 e. The Bertz CT molecular complexity index is 563. The first-order valence-electron chi connectivity index (χ1n) is 6.90. The number of rotatable bonds is 3. The van der Waals surface area contributed by atoms with Crippen LogP contribution >= 0.6 is 11.6 Å². The molecule has 0 bridgehead atoms. The Labute approximate surface area is 128 Å². The van der Waals surface area contributed by atoms with E-state index in [9.17, 15) is 9.47 Å². The zero-order valence-corrected chi connectivity index (χ0v) is 13.4. The van der Waals surface area contributed by atoms with Crippen molar-refractivity contribution in [3.05, 3.63) is 28.8 Å².